The molecule has 0 saturated carbocycles. The maximum Gasteiger partial charge on any atom is 0.127 e. The quantitative estimate of drug-likeness (QED) is 0.915. The van der Waals surface area contributed by atoms with Gasteiger partial charge in [-0.2, -0.15) is 0 Å². The summed E-state index contributed by atoms with van der Waals surface area (Å²) in [6, 6.07) is 10.8. The van der Waals surface area contributed by atoms with Crippen molar-refractivity contribution in [3.8, 4) is 5.75 Å². The molecule has 0 saturated heterocycles. The molecule has 1 aliphatic rings. The molecule has 0 aliphatic carbocycles. The van der Waals surface area contributed by atoms with E-state index in [1.165, 1.54) is 20.9 Å². The van der Waals surface area contributed by atoms with Gasteiger partial charge in [0, 0.05) is 34.8 Å². The van der Waals surface area contributed by atoms with Crippen LogP contribution in [0.4, 0.5) is 0 Å². The van der Waals surface area contributed by atoms with Gasteiger partial charge >= 0.3 is 0 Å². The molecule has 1 N–H and O–H groups in total. The van der Waals surface area contributed by atoms with Gasteiger partial charge in [-0.05, 0) is 38.5 Å². The van der Waals surface area contributed by atoms with E-state index in [2.05, 4.69) is 56.4 Å². The molecule has 2 nitrogen and oxygen atoms in total. The average molecular weight is 287 g/mol. The smallest absolute Gasteiger partial charge is 0.127 e. The van der Waals surface area contributed by atoms with Crippen LogP contribution in [-0.2, 0) is 19.5 Å². The molecule has 1 aromatic heterocycles. The lowest BCUT2D eigenvalue weighted by molar-refractivity contribution is 0.137. The van der Waals surface area contributed by atoms with Crippen LogP contribution >= 0.6 is 11.3 Å². The van der Waals surface area contributed by atoms with Gasteiger partial charge in [0.05, 0.1) is 0 Å². The van der Waals surface area contributed by atoms with Crippen molar-refractivity contribution in [3.05, 3.63) is 51.2 Å². The Kier molecular flexibility index (Phi) is 3.57. The van der Waals surface area contributed by atoms with E-state index >= 15 is 0 Å². The number of ether oxygens (including phenoxy) is 1. The van der Waals surface area contributed by atoms with Gasteiger partial charge in [-0.15, -0.1) is 11.3 Å². The fraction of sp³-hybridized carbons (Fsp3) is 0.412. The highest BCUT2D eigenvalue weighted by atomic mass is 32.1. The summed E-state index contributed by atoms with van der Waals surface area (Å²) in [5.41, 5.74) is 2.53. The Hall–Kier alpha value is -1.32. The van der Waals surface area contributed by atoms with E-state index in [1.54, 1.807) is 0 Å². The van der Waals surface area contributed by atoms with E-state index in [4.69, 9.17) is 4.74 Å². The first-order valence-corrected chi connectivity index (χ1v) is 7.91. The Bertz CT molecular complexity index is 615. The van der Waals surface area contributed by atoms with Crippen LogP contribution in [0.15, 0.2) is 30.3 Å². The van der Waals surface area contributed by atoms with Gasteiger partial charge in [0.25, 0.3) is 0 Å². The molecule has 0 fully saturated rings. The predicted molar refractivity (Wildman–Crippen MR) is 84.5 cm³/mol. The van der Waals surface area contributed by atoms with Crippen molar-refractivity contribution < 1.29 is 4.74 Å². The molecular weight excluding hydrogens is 266 g/mol. The maximum absolute atomic E-state index is 6.09. The summed E-state index contributed by atoms with van der Waals surface area (Å²) in [6.07, 6.45) is 1.00. The number of hydrogen-bond donors (Lipinski definition) is 1. The zero-order valence-electron chi connectivity index (χ0n) is 12.3. The van der Waals surface area contributed by atoms with Crippen LogP contribution in [-0.4, -0.2) is 5.60 Å². The molecule has 1 aliphatic heterocycles. The van der Waals surface area contributed by atoms with Gasteiger partial charge < -0.3 is 10.1 Å². The average Bonchev–Trinajstić information content (AvgIpc) is 2.91. The number of aryl methyl sites for hydroxylation is 1. The summed E-state index contributed by atoms with van der Waals surface area (Å²) < 4.78 is 6.09. The molecule has 20 heavy (non-hydrogen) atoms. The molecule has 106 valence electrons. The fourth-order valence-corrected chi connectivity index (χ4v) is 3.58. The minimum absolute atomic E-state index is 0.0662. The van der Waals surface area contributed by atoms with Crippen LogP contribution in [0.25, 0.3) is 0 Å². The molecule has 1 aromatic carbocycles. The third kappa shape index (κ3) is 2.89. The molecule has 0 unspecified atom stereocenters. The first kappa shape index (κ1) is 13.7. The summed E-state index contributed by atoms with van der Waals surface area (Å²) in [5, 5.41) is 3.52. The monoisotopic (exact) mass is 287 g/mol. The number of thiophene rings is 1. The highest BCUT2D eigenvalue weighted by molar-refractivity contribution is 7.11. The molecule has 2 heterocycles. The maximum atomic E-state index is 6.09. The summed E-state index contributed by atoms with van der Waals surface area (Å²) in [4.78, 5) is 2.75. The fourth-order valence-electron chi connectivity index (χ4n) is 2.72. The van der Waals surface area contributed by atoms with Crippen molar-refractivity contribution in [2.24, 2.45) is 0 Å². The normalized spacial score (nSPS) is 15.9. The summed E-state index contributed by atoms with van der Waals surface area (Å²) in [6.45, 7) is 8.23. The van der Waals surface area contributed by atoms with Crippen LogP contribution in [0.1, 0.15) is 34.7 Å². The van der Waals surface area contributed by atoms with E-state index in [-0.39, 0.29) is 5.60 Å². The number of para-hydroxylation sites is 1. The van der Waals surface area contributed by atoms with Gasteiger partial charge in [0.1, 0.15) is 11.4 Å². The second kappa shape index (κ2) is 5.23. The molecule has 0 amide bonds. The van der Waals surface area contributed by atoms with Crippen LogP contribution < -0.4 is 10.1 Å². The molecule has 0 spiro atoms. The number of nitrogens with one attached hydrogen (secondary N) is 1. The van der Waals surface area contributed by atoms with Crippen molar-refractivity contribution in [2.75, 3.05) is 0 Å². The van der Waals surface area contributed by atoms with E-state index in [0.717, 1.165) is 25.3 Å². The lowest BCUT2D eigenvalue weighted by atomic mass is 10.0. The molecule has 0 bridgehead atoms. The Morgan fingerprint density at radius 3 is 2.80 bits per heavy atom. The van der Waals surface area contributed by atoms with Crippen molar-refractivity contribution in [3.63, 3.8) is 0 Å². The SMILES string of the molecule is Cc1ccc(CNCc2cccc3c2OC(C)(C)C3)s1. The van der Waals surface area contributed by atoms with Crippen molar-refractivity contribution >= 4 is 11.3 Å². The summed E-state index contributed by atoms with van der Waals surface area (Å²) in [7, 11) is 0. The topological polar surface area (TPSA) is 21.3 Å². The molecule has 3 heteroatoms. The van der Waals surface area contributed by atoms with E-state index in [9.17, 15) is 0 Å². The van der Waals surface area contributed by atoms with Crippen LogP contribution in [0.5, 0.6) is 5.75 Å². The van der Waals surface area contributed by atoms with Crippen LogP contribution in [0.3, 0.4) is 0 Å². The Morgan fingerprint density at radius 2 is 2.05 bits per heavy atom. The molecule has 3 rings (SSSR count). The summed E-state index contributed by atoms with van der Waals surface area (Å²) in [5.74, 6) is 1.09. The standard InChI is InChI=1S/C17H21NOS/c1-12-7-8-15(20-12)11-18-10-14-6-4-5-13-9-17(2,3)19-16(13)14/h4-8,18H,9-11H2,1-3H3. The zero-order chi connectivity index (χ0) is 14.2. The number of benzene rings is 1. The Morgan fingerprint density at radius 1 is 1.20 bits per heavy atom. The third-order valence-corrected chi connectivity index (χ3v) is 4.58. The van der Waals surface area contributed by atoms with Crippen LogP contribution in [0, 0.1) is 6.92 Å². The van der Waals surface area contributed by atoms with Crippen molar-refractivity contribution in [2.45, 2.75) is 45.9 Å². The van der Waals surface area contributed by atoms with E-state index in [0.29, 0.717) is 0 Å². The predicted octanol–water partition coefficient (Wildman–Crippen LogP) is 4.06. The zero-order valence-corrected chi connectivity index (χ0v) is 13.1. The van der Waals surface area contributed by atoms with Gasteiger partial charge in [-0.3, -0.25) is 0 Å². The summed E-state index contributed by atoms with van der Waals surface area (Å²) >= 11 is 1.85. The van der Waals surface area contributed by atoms with E-state index in [1.807, 2.05) is 11.3 Å². The molecular formula is C17H21NOS. The Labute approximate surface area is 124 Å². The largest absolute Gasteiger partial charge is 0.487 e. The number of fused-ring (bicyclic) bond motifs is 1. The highest BCUT2D eigenvalue weighted by Gasteiger charge is 2.31. The van der Waals surface area contributed by atoms with Crippen molar-refractivity contribution in [1.82, 2.24) is 5.32 Å². The lowest BCUT2D eigenvalue weighted by Crippen LogP contribution is -2.25. The number of hydrogen-bond acceptors (Lipinski definition) is 3. The third-order valence-electron chi connectivity index (χ3n) is 3.58. The van der Waals surface area contributed by atoms with E-state index < -0.39 is 0 Å². The second-order valence-corrected chi connectivity index (χ2v) is 7.43. The highest BCUT2D eigenvalue weighted by Crippen LogP contribution is 2.37. The van der Waals surface area contributed by atoms with Crippen molar-refractivity contribution in [1.29, 1.82) is 0 Å². The molecule has 0 radical (unpaired) electrons. The van der Waals surface area contributed by atoms with Gasteiger partial charge in [0.15, 0.2) is 0 Å². The van der Waals surface area contributed by atoms with Gasteiger partial charge in [0.2, 0.25) is 0 Å². The first-order valence-electron chi connectivity index (χ1n) is 7.09. The second-order valence-electron chi connectivity index (χ2n) is 6.06. The molecule has 2 aromatic rings. The van der Waals surface area contributed by atoms with Gasteiger partial charge in [-0.25, -0.2) is 0 Å². The first-order chi connectivity index (χ1) is 9.53. The minimum Gasteiger partial charge on any atom is -0.487 e. The number of rotatable bonds is 4. The lowest BCUT2D eigenvalue weighted by Gasteiger charge is -2.18. The van der Waals surface area contributed by atoms with Gasteiger partial charge in [-0.1, -0.05) is 18.2 Å². The minimum atomic E-state index is -0.0662. The Balaban J connectivity index is 1.66. The molecule has 0 atom stereocenters. The van der Waals surface area contributed by atoms with Crippen LogP contribution in [0.2, 0.25) is 0 Å².